The summed E-state index contributed by atoms with van der Waals surface area (Å²) in [4.78, 5) is 17.9. The van der Waals surface area contributed by atoms with Gasteiger partial charge in [-0.2, -0.15) is 9.90 Å². The number of hydrogen-bond acceptors (Lipinski definition) is 4. The van der Waals surface area contributed by atoms with E-state index in [0.29, 0.717) is 24.6 Å². The van der Waals surface area contributed by atoms with Crippen LogP contribution < -0.4 is 5.32 Å². The van der Waals surface area contributed by atoms with Crippen molar-refractivity contribution >= 4 is 11.7 Å². The first kappa shape index (κ1) is 14.0. The summed E-state index contributed by atoms with van der Waals surface area (Å²) in [5.41, 5.74) is 1.65. The number of carbonyl (C=O) groups excluding carboxylic acids is 1. The van der Waals surface area contributed by atoms with Crippen molar-refractivity contribution in [3.63, 3.8) is 0 Å². The van der Waals surface area contributed by atoms with E-state index in [1.54, 1.807) is 18.5 Å². The Morgan fingerprint density at radius 1 is 1.27 bits per heavy atom. The van der Waals surface area contributed by atoms with E-state index < -0.39 is 0 Å². The molecule has 0 radical (unpaired) electrons. The molecule has 3 aromatic rings. The quantitative estimate of drug-likeness (QED) is 0.778. The SMILES string of the molecule is CCn1ncc(NC(=O)c2cccn2Cc2ccncc2)n1. The normalized spacial score (nSPS) is 10.6. The Kier molecular flexibility index (Phi) is 3.95. The maximum atomic E-state index is 12.4. The number of rotatable bonds is 5. The third-order valence-corrected chi connectivity index (χ3v) is 3.23. The summed E-state index contributed by atoms with van der Waals surface area (Å²) in [5, 5.41) is 10.9. The van der Waals surface area contributed by atoms with Gasteiger partial charge in [-0.3, -0.25) is 9.78 Å². The Balaban J connectivity index is 1.74. The molecule has 0 fully saturated rings. The maximum Gasteiger partial charge on any atom is 0.273 e. The zero-order valence-electron chi connectivity index (χ0n) is 12.2. The number of amides is 1. The molecule has 3 aromatic heterocycles. The van der Waals surface area contributed by atoms with Crippen molar-refractivity contribution in [2.75, 3.05) is 5.32 Å². The molecule has 22 heavy (non-hydrogen) atoms. The second kappa shape index (κ2) is 6.21. The van der Waals surface area contributed by atoms with Crippen molar-refractivity contribution < 1.29 is 4.79 Å². The maximum absolute atomic E-state index is 12.4. The molecule has 0 spiro atoms. The van der Waals surface area contributed by atoms with E-state index in [1.165, 1.54) is 11.0 Å². The average Bonchev–Trinajstić information content (AvgIpc) is 3.17. The zero-order valence-corrected chi connectivity index (χ0v) is 12.2. The first-order valence-electron chi connectivity index (χ1n) is 7.02. The van der Waals surface area contributed by atoms with E-state index in [4.69, 9.17) is 0 Å². The fourth-order valence-corrected chi connectivity index (χ4v) is 2.13. The lowest BCUT2D eigenvalue weighted by molar-refractivity contribution is 0.101. The highest BCUT2D eigenvalue weighted by Crippen LogP contribution is 2.10. The number of aromatic nitrogens is 5. The number of hydrogen-bond donors (Lipinski definition) is 1. The summed E-state index contributed by atoms with van der Waals surface area (Å²) in [7, 11) is 0. The van der Waals surface area contributed by atoms with Gasteiger partial charge in [0.1, 0.15) is 5.69 Å². The molecule has 7 heteroatoms. The highest BCUT2D eigenvalue weighted by molar-refractivity contribution is 6.02. The van der Waals surface area contributed by atoms with E-state index in [2.05, 4.69) is 20.5 Å². The van der Waals surface area contributed by atoms with Gasteiger partial charge in [0, 0.05) is 25.1 Å². The Labute approximate surface area is 127 Å². The minimum absolute atomic E-state index is 0.206. The molecular weight excluding hydrogens is 280 g/mol. The predicted octanol–water partition coefficient (Wildman–Crippen LogP) is 1.80. The van der Waals surface area contributed by atoms with Crippen LogP contribution in [0.1, 0.15) is 23.0 Å². The number of anilines is 1. The van der Waals surface area contributed by atoms with Crippen molar-refractivity contribution in [2.45, 2.75) is 20.0 Å². The Bertz CT molecular complexity index is 761. The van der Waals surface area contributed by atoms with Crippen LogP contribution in [0.15, 0.2) is 49.1 Å². The highest BCUT2D eigenvalue weighted by atomic mass is 16.2. The van der Waals surface area contributed by atoms with Gasteiger partial charge in [0.05, 0.1) is 12.7 Å². The van der Waals surface area contributed by atoms with Crippen LogP contribution in [-0.4, -0.2) is 30.5 Å². The molecule has 3 rings (SSSR count). The van der Waals surface area contributed by atoms with E-state index in [0.717, 1.165) is 5.56 Å². The molecule has 7 nitrogen and oxygen atoms in total. The van der Waals surface area contributed by atoms with E-state index >= 15 is 0 Å². The minimum Gasteiger partial charge on any atom is -0.339 e. The monoisotopic (exact) mass is 296 g/mol. The van der Waals surface area contributed by atoms with E-state index in [9.17, 15) is 4.79 Å². The Morgan fingerprint density at radius 2 is 2.09 bits per heavy atom. The fourth-order valence-electron chi connectivity index (χ4n) is 2.13. The predicted molar refractivity (Wildman–Crippen MR) is 81.4 cm³/mol. The number of aryl methyl sites for hydroxylation is 1. The number of carbonyl (C=O) groups is 1. The molecule has 0 bridgehead atoms. The fraction of sp³-hybridized carbons (Fsp3) is 0.200. The highest BCUT2D eigenvalue weighted by Gasteiger charge is 2.13. The first-order valence-corrected chi connectivity index (χ1v) is 7.02. The lowest BCUT2D eigenvalue weighted by Gasteiger charge is -2.08. The lowest BCUT2D eigenvalue weighted by Crippen LogP contribution is -2.17. The van der Waals surface area contributed by atoms with Crippen molar-refractivity contribution in [1.29, 1.82) is 0 Å². The first-order chi connectivity index (χ1) is 10.8. The van der Waals surface area contributed by atoms with Crippen LogP contribution in [0.5, 0.6) is 0 Å². The molecular formula is C15H16N6O. The summed E-state index contributed by atoms with van der Waals surface area (Å²) in [5.74, 6) is 0.241. The largest absolute Gasteiger partial charge is 0.339 e. The van der Waals surface area contributed by atoms with Crippen molar-refractivity contribution in [3.8, 4) is 0 Å². The smallest absolute Gasteiger partial charge is 0.273 e. The summed E-state index contributed by atoms with van der Waals surface area (Å²) < 4.78 is 1.88. The van der Waals surface area contributed by atoms with Gasteiger partial charge < -0.3 is 9.88 Å². The van der Waals surface area contributed by atoms with Gasteiger partial charge in [0.15, 0.2) is 5.82 Å². The van der Waals surface area contributed by atoms with Crippen LogP contribution in [0.25, 0.3) is 0 Å². The Hall–Kier alpha value is -2.96. The third kappa shape index (κ3) is 3.03. The second-order valence-corrected chi connectivity index (χ2v) is 4.75. The molecule has 0 saturated carbocycles. The van der Waals surface area contributed by atoms with E-state index in [1.807, 2.05) is 35.9 Å². The van der Waals surface area contributed by atoms with Gasteiger partial charge in [-0.05, 0) is 36.8 Å². The van der Waals surface area contributed by atoms with Gasteiger partial charge in [-0.25, -0.2) is 0 Å². The van der Waals surface area contributed by atoms with Crippen molar-refractivity contribution in [3.05, 3.63) is 60.3 Å². The molecule has 112 valence electrons. The molecule has 0 saturated heterocycles. The second-order valence-electron chi connectivity index (χ2n) is 4.75. The standard InChI is InChI=1S/C15H16N6O/c1-2-21-17-10-14(19-21)18-15(22)13-4-3-9-20(13)11-12-5-7-16-8-6-12/h3-10H,2,11H2,1H3,(H,18,19,22). The number of nitrogens with zero attached hydrogens (tertiary/aromatic N) is 5. The number of pyridine rings is 1. The average molecular weight is 296 g/mol. The van der Waals surface area contributed by atoms with Crippen LogP contribution in [0.2, 0.25) is 0 Å². The van der Waals surface area contributed by atoms with Gasteiger partial charge in [0.25, 0.3) is 5.91 Å². The van der Waals surface area contributed by atoms with Crippen LogP contribution >= 0.6 is 0 Å². The Morgan fingerprint density at radius 3 is 2.82 bits per heavy atom. The minimum atomic E-state index is -0.206. The molecule has 0 atom stereocenters. The van der Waals surface area contributed by atoms with Gasteiger partial charge in [0.2, 0.25) is 0 Å². The van der Waals surface area contributed by atoms with Gasteiger partial charge >= 0.3 is 0 Å². The van der Waals surface area contributed by atoms with Crippen LogP contribution in [0, 0.1) is 0 Å². The zero-order chi connectivity index (χ0) is 15.4. The molecule has 0 unspecified atom stereocenters. The molecule has 0 aliphatic carbocycles. The molecule has 0 aromatic carbocycles. The number of nitrogens with one attached hydrogen (secondary N) is 1. The summed E-state index contributed by atoms with van der Waals surface area (Å²) in [6.07, 6.45) is 6.89. The van der Waals surface area contributed by atoms with Crippen LogP contribution in [0.4, 0.5) is 5.82 Å². The van der Waals surface area contributed by atoms with Crippen LogP contribution in [0.3, 0.4) is 0 Å². The van der Waals surface area contributed by atoms with Crippen LogP contribution in [-0.2, 0) is 13.1 Å². The summed E-state index contributed by atoms with van der Waals surface area (Å²) >= 11 is 0. The summed E-state index contributed by atoms with van der Waals surface area (Å²) in [6, 6.07) is 7.48. The van der Waals surface area contributed by atoms with Crippen molar-refractivity contribution in [2.24, 2.45) is 0 Å². The molecule has 0 aliphatic heterocycles. The van der Waals surface area contributed by atoms with E-state index in [-0.39, 0.29) is 5.91 Å². The lowest BCUT2D eigenvalue weighted by atomic mass is 10.2. The molecule has 3 heterocycles. The summed E-state index contributed by atoms with van der Waals surface area (Å²) in [6.45, 7) is 3.21. The third-order valence-electron chi connectivity index (χ3n) is 3.23. The van der Waals surface area contributed by atoms with Gasteiger partial charge in [-0.1, -0.05) is 0 Å². The molecule has 1 amide bonds. The van der Waals surface area contributed by atoms with Gasteiger partial charge in [-0.15, -0.1) is 5.10 Å². The topological polar surface area (TPSA) is 77.6 Å². The van der Waals surface area contributed by atoms with Crippen molar-refractivity contribution in [1.82, 2.24) is 24.5 Å². The molecule has 0 aliphatic rings. The molecule has 1 N–H and O–H groups in total.